The van der Waals surface area contributed by atoms with Crippen LogP contribution in [-0.4, -0.2) is 10.2 Å². The molecule has 0 atom stereocenters. The predicted molar refractivity (Wildman–Crippen MR) is 69.0 cm³/mol. The highest BCUT2D eigenvalue weighted by atomic mass is 16.3. The van der Waals surface area contributed by atoms with E-state index in [9.17, 15) is 5.11 Å². The molecule has 3 rings (SSSR count). The summed E-state index contributed by atoms with van der Waals surface area (Å²) in [7, 11) is 0. The van der Waals surface area contributed by atoms with Gasteiger partial charge in [0.1, 0.15) is 5.75 Å². The second kappa shape index (κ2) is 3.75. The first-order valence-corrected chi connectivity index (χ1v) is 5.53. The molecule has 84 valence electrons. The maximum absolute atomic E-state index is 9.45. The van der Waals surface area contributed by atoms with Crippen molar-refractivity contribution in [1.82, 2.24) is 0 Å². The molecular formula is C15H12O2. The number of hydrogen-bond acceptors (Lipinski definition) is 2. The van der Waals surface area contributed by atoms with E-state index in [1.54, 1.807) is 12.1 Å². The van der Waals surface area contributed by atoms with Gasteiger partial charge in [-0.15, -0.1) is 0 Å². The average Bonchev–Trinajstić information content (AvgIpc) is 2.37. The average molecular weight is 224 g/mol. The first-order chi connectivity index (χ1) is 8.28. The molecule has 0 saturated heterocycles. The molecule has 0 aliphatic carbocycles. The zero-order chi connectivity index (χ0) is 11.8. The van der Waals surface area contributed by atoms with Gasteiger partial charge in [-0.05, 0) is 45.3 Å². The summed E-state index contributed by atoms with van der Waals surface area (Å²) in [5.74, 6) is 0.281. The molecule has 3 aromatic carbocycles. The molecule has 0 unspecified atom stereocenters. The fourth-order valence-corrected chi connectivity index (χ4v) is 2.21. The summed E-state index contributed by atoms with van der Waals surface area (Å²) in [6.07, 6.45) is 0. The second-order valence-corrected chi connectivity index (χ2v) is 4.18. The third-order valence-electron chi connectivity index (χ3n) is 3.07. The molecule has 2 N–H and O–H groups in total. The van der Waals surface area contributed by atoms with E-state index in [1.807, 2.05) is 36.4 Å². The van der Waals surface area contributed by atoms with Gasteiger partial charge in [-0.2, -0.15) is 0 Å². The summed E-state index contributed by atoms with van der Waals surface area (Å²) in [5, 5.41) is 22.9. The number of phenolic OH excluding ortho intramolecular Hbond substituents is 1. The molecule has 0 radical (unpaired) electrons. The number of phenols is 1. The third kappa shape index (κ3) is 1.63. The molecule has 3 aromatic rings. The van der Waals surface area contributed by atoms with Crippen LogP contribution in [0.2, 0.25) is 0 Å². The molecule has 0 bridgehead atoms. The number of hydrogen-bond donors (Lipinski definition) is 2. The molecule has 0 aliphatic heterocycles. The van der Waals surface area contributed by atoms with Crippen LogP contribution in [0, 0.1) is 0 Å². The minimum Gasteiger partial charge on any atom is -0.508 e. The van der Waals surface area contributed by atoms with Crippen molar-refractivity contribution in [3.63, 3.8) is 0 Å². The molecule has 0 saturated carbocycles. The topological polar surface area (TPSA) is 40.5 Å². The van der Waals surface area contributed by atoms with Crippen LogP contribution in [0.1, 0.15) is 5.56 Å². The lowest BCUT2D eigenvalue weighted by Gasteiger charge is -2.06. The number of rotatable bonds is 1. The minimum absolute atomic E-state index is 0.0591. The molecule has 17 heavy (non-hydrogen) atoms. The van der Waals surface area contributed by atoms with E-state index in [-0.39, 0.29) is 12.4 Å². The van der Waals surface area contributed by atoms with Crippen molar-refractivity contribution in [2.45, 2.75) is 6.61 Å². The summed E-state index contributed by atoms with van der Waals surface area (Å²) >= 11 is 0. The zero-order valence-electron chi connectivity index (χ0n) is 9.22. The standard InChI is InChI=1S/C15H12O2/c16-9-10-1-5-14-11(7-10)2-3-12-8-13(17)4-6-15(12)14/h1-8,16-17H,9H2. The van der Waals surface area contributed by atoms with Crippen LogP contribution in [0.4, 0.5) is 0 Å². The molecule has 2 heteroatoms. The van der Waals surface area contributed by atoms with Crippen molar-refractivity contribution < 1.29 is 10.2 Å². The van der Waals surface area contributed by atoms with Crippen LogP contribution in [0.3, 0.4) is 0 Å². The quantitative estimate of drug-likeness (QED) is 0.623. The van der Waals surface area contributed by atoms with Gasteiger partial charge in [-0.1, -0.05) is 30.3 Å². The molecule has 0 aromatic heterocycles. The highest BCUT2D eigenvalue weighted by Gasteiger charge is 2.02. The van der Waals surface area contributed by atoms with E-state index in [4.69, 9.17) is 5.11 Å². The number of aliphatic hydroxyl groups excluding tert-OH is 1. The summed E-state index contributed by atoms with van der Waals surface area (Å²) in [4.78, 5) is 0. The summed E-state index contributed by atoms with van der Waals surface area (Å²) in [6, 6.07) is 15.3. The lowest BCUT2D eigenvalue weighted by atomic mass is 10.0. The van der Waals surface area contributed by atoms with Crippen LogP contribution < -0.4 is 0 Å². The zero-order valence-corrected chi connectivity index (χ0v) is 9.22. The van der Waals surface area contributed by atoms with Crippen LogP contribution in [-0.2, 0) is 6.61 Å². The van der Waals surface area contributed by atoms with Crippen molar-refractivity contribution in [2.24, 2.45) is 0 Å². The fraction of sp³-hybridized carbons (Fsp3) is 0.0667. The van der Waals surface area contributed by atoms with Crippen molar-refractivity contribution >= 4 is 21.5 Å². The van der Waals surface area contributed by atoms with Gasteiger partial charge in [0.15, 0.2) is 0 Å². The molecule has 0 fully saturated rings. The van der Waals surface area contributed by atoms with Crippen molar-refractivity contribution in [3.05, 3.63) is 54.1 Å². The summed E-state index contributed by atoms with van der Waals surface area (Å²) in [5.41, 5.74) is 0.913. The lowest BCUT2D eigenvalue weighted by Crippen LogP contribution is -1.83. The molecule has 2 nitrogen and oxygen atoms in total. The van der Waals surface area contributed by atoms with Crippen LogP contribution >= 0.6 is 0 Å². The molecule has 0 amide bonds. The van der Waals surface area contributed by atoms with Crippen molar-refractivity contribution in [3.8, 4) is 5.75 Å². The van der Waals surface area contributed by atoms with Gasteiger partial charge in [-0.3, -0.25) is 0 Å². The Morgan fingerprint density at radius 3 is 2.12 bits per heavy atom. The number of aliphatic hydroxyl groups is 1. The second-order valence-electron chi connectivity index (χ2n) is 4.18. The van der Waals surface area contributed by atoms with Gasteiger partial charge >= 0.3 is 0 Å². The highest BCUT2D eigenvalue weighted by molar-refractivity contribution is 6.07. The highest BCUT2D eigenvalue weighted by Crippen LogP contribution is 2.28. The number of aromatic hydroxyl groups is 1. The van der Waals surface area contributed by atoms with E-state index in [1.165, 1.54) is 0 Å². The van der Waals surface area contributed by atoms with E-state index in [0.717, 1.165) is 27.1 Å². The summed E-state index contributed by atoms with van der Waals surface area (Å²) in [6.45, 7) is 0.0591. The largest absolute Gasteiger partial charge is 0.508 e. The maximum atomic E-state index is 9.45. The van der Waals surface area contributed by atoms with Gasteiger partial charge in [0.05, 0.1) is 6.61 Å². The normalized spacial score (nSPS) is 11.1. The van der Waals surface area contributed by atoms with E-state index >= 15 is 0 Å². The molecule has 0 spiro atoms. The monoisotopic (exact) mass is 224 g/mol. The Morgan fingerprint density at radius 2 is 1.41 bits per heavy atom. The predicted octanol–water partition coefficient (Wildman–Crippen LogP) is 3.19. The van der Waals surface area contributed by atoms with E-state index in [0.29, 0.717) is 0 Å². The Kier molecular flexibility index (Phi) is 2.23. The Hall–Kier alpha value is -2.06. The molecule has 0 aliphatic rings. The number of fused-ring (bicyclic) bond motifs is 3. The SMILES string of the molecule is OCc1ccc2c(ccc3cc(O)ccc32)c1. The van der Waals surface area contributed by atoms with Gasteiger partial charge in [0, 0.05) is 0 Å². The van der Waals surface area contributed by atoms with Crippen LogP contribution in [0.15, 0.2) is 48.5 Å². The van der Waals surface area contributed by atoms with E-state index < -0.39 is 0 Å². The molecular weight excluding hydrogens is 212 g/mol. The van der Waals surface area contributed by atoms with Gasteiger partial charge in [-0.25, -0.2) is 0 Å². The van der Waals surface area contributed by atoms with Crippen LogP contribution in [0.25, 0.3) is 21.5 Å². The van der Waals surface area contributed by atoms with Gasteiger partial charge in [0.2, 0.25) is 0 Å². The number of benzene rings is 3. The molecule has 0 heterocycles. The minimum atomic E-state index is 0.0591. The lowest BCUT2D eigenvalue weighted by molar-refractivity contribution is 0.282. The van der Waals surface area contributed by atoms with Crippen molar-refractivity contribution in [1.29, 1.82) is 0 Å². The maximum Gasteiger partial charge on any atom is 0.116 e. The first-order valence-electron chi connectivity index (χ1n) is 5.53. The van der Waals surface area contributed by atoms with Gasteiger partial charge < -0.3 is 10.2 Å². The van der Waals surface area contributed by atoms with Crippen molar-refractivity contribution in [2.75, 3.05) is 0 Å². The Labute approximate surface area is 98.7 Å². The van der Waals surface area contributed by atoms with Gasteiger partial charge in [0.25, 0.3) is 0 Å². The smallest absolute Gasteiger partial charge is 0.116 e. The first kappa shape index (κ1) is 10.1. The third-order valence-corrected chi connectivity index (χ3v) is 3.07. The van der Waals surface area contributed by atoms with Crippen LogP contribution in [0.5, 0.6) is 5.75 Å². The fourth-order valence-electron chi connectivity index (χ4n) is 2.21. The summed E-state index contributed by atoms with van der Waals surface area (Å²) < 4.78 is 0. The Bertz CT molecular complexity index is 702. The Balaban J connectivity index is 2.40. The van der Waals surface area contributed by atoms with E-state index in [2.05, 4.69) is 0 Å². The Morgan fingerprint density at radius 1 is 0.765 bits per heavy atom.